The van der Waals surface area contributed by atoms with Gasteiger partial charge in [0, 0.05) is 18.5 Å². The number of carbonyl (C=O) groups is 1. The molecule has 0 radical (unpaired) electrons. The zero-order chi connectivity index (χ0) is 15.3. The summed E-state index contributed by atoms with van der Waals surface area (Å²) in [6, 6.07) is 5.63. The predicted molar refractivity (Wildman–Crippen MR) is 71.6 cm³/mol. The van der Waals surface area contributed by atoms with E-state index in [1.807, 2.05) is 0 Å². The molecule has 1 rings (SSSR count). The van der Waals surface area contributed by atoms with Crippen molar-refractivity contribution in [3.8, 4) is 0 Å². The van der Waals surface area contributed by atoms with Crippen molar-refractivity contribution in [1.29, 1.82) is 0 Å². The molecule has 0 spiro atoms. The Balaban J connectivity index is 2.87. The third kappa shape index (κ3) is 5.42. The van der Waals surface area contributed by atoms with Crippen LogP contribution < -0.4 is 0 Å². The fourth-order valence-corrected chi connectivity index (χ4v) is 2.21. The Labute approximate surface area is 119 Å². The second kappa shape index (κ2) is 6.99. The lowest BCUT2D eigenvalue weighted by atomic mass is 10.2. The first-order chi connectivity index (χ1) is 9.20. The molecule has 1 N–H and O–H groups in total. The van der Waals surface area contributed by atoms with Crippen molar-refractivity contribution < 1.29 is 23.1 Å². The van der Waals surface area contributed by atoms with Crippen molar-refractivity contribution in [1.82, 2.24) is 4.90 Å². The molecular weight excluding hydrogens is 291 g/mol. The van der Waals surface area contributed by atoms with Crippen LogP contribution in [0.15, 0.2) is 29.2 Å². The highest BCUT2D eigenvalue weighted by atomic mass is 32.2. The standard InChI is InChI=1S/C13H16F3NO2S/c1-9(18)7-8-17(2)12(19)10-5-3-4-6-11(10)20-13(14,15)16/h3-6,9,18H,7-8H2,1-2H3. The summed E-state index contributed by atoms with van der Waals surface area (Å²) in [7, 11) is 1.50. The van der Waals surface area contributed by atoms with Crippen LogP contribution >= 0.6 is 11.8 Å². The first kappa shape index (κ1) is 16.8. The molecule has 0 aliphatic heterocycles. The normalized spacial score (nSPS) is 13.1. The van der Waals surface area contributed by atoms with Gasteiger partial charge in [0.1, 0.15) is 0 Å². The van der Waals surface area contributed by atoms with E-state index in [0.29, 0.717) is 6.42 Å². The van der Waals surface area contributed by atoms with Gasteiger partial charge in [-0.3, -0.25) is 4.79 Å². The fourth-order valence-electron chi connectivity index (χ4n) is 1.54. The number of alkyl halides is 3. The number of hydrogen-bond donors (Lipinski definition) is 1. The number of nitrogens with zero attached hydrogens (tertiary/aromatic N) is 1. The molecule has 1 aromatic rings. The summed E-state index contributed by atoms with van der Waals surface area (Å²) in [5.41, 5.74) is -4.42. The van der Waals surface area contributed by atoms with Crippen LogP contribution in [0.3, 0.4) is 0 Å². The number of halogens is 3. The molecule has 1 aromatic carbocycles. The number of hydrogen-bond acceptors (Lipinski definition) is 3. The quantitative estimate of drug-likeness (QED) is 0.850. The van der Waals surface area contributed by atoms with Gasteiger partial charge in [-0.25, -0.2) is 0 Å². The van der Waals surface area contributed by atoms with E-state index in [4.69, 9.17) is 0 Å². The molecule has 112 valence electrons. The van der Waals surface area contributed by atoms with Gasteiger partial charge in [0.2, 0.25) is 0 Å². The van der Waals surface area contributed by atoms with E-state index >= 15 is 0 Å². The number of thioether (sulfide) groups is 1. The molecule has 0 bridgehead atoms. The second-order valence-corrected chi connectivity index (χ2v) is 5.52. The van der Waals surface area contributed by atoms with Crippen LogP contribution in [0.25, 0.3) is 0 Å². The summed E-state index contributed by atoms with van der Waals surface area (Å²) in [6.07, 6.45) is -0.193. The van der Waals surface area contributed by atoms with Crippen molar-refractivity contribution >= 4 is 17.7 Å². The van der Waals surface area contributed by atoms with Crippen LogP contribution in [0.1, 0.15) is 23.7 Å². The molecule has 1 amide bonds. The van der Waals surface area contributed by atoms with E-state index in [1.165, 1.54) is 36.2 Å². The summed E-state index contributed by atoms with van der Waals surface area (Å²) in [4.78, 5) is 13.3. The molecule has 0 aliphatic carbocycles. The van der Waals surface area contributed by atoms with Gasteiger partial charge in [0.05, 0.1) is 11.7 Å². The minimum atomic E-state index is -4.44. The smallest absolute Gasteiger partial charge is 0.393 e. The average Bonchev–Trinajstić information content (AvgIpc) is 2.33. The molecule has 7 heteroatoms. The Morgan fingerprint density at radius 3 is 2.55 bits per heavy atom. The molecule has 20 heavy (non-hydrogen) atoms. The van der Waals surface area contributed by atoms with Crippen LogP contribution in [-0.4, -0.2) is 41.1 Å². The Morgan fingerprint density at radius 1 is 1.40 bits per heavy atom. The predicted octanol–water partition coefficient (Wildman–Crippen LogP) is 3.14. The molecule has 0 aromatic heterocycles. The van der Waals surface area contributed by atoms with Crippen LogP contribution in [0.5, 0.6) is 0 Å². The van der Waals surface area contributed by atoms with Gasteiger partial charge >= 0.3 is 5.51 Å². The van der Waals surface area contributed by atoms with E-state index in [-0.39, 0.29) is 28.8 Å². The zero-order valence-corrected chi connectivity index (χ0v) is 12.0. The maximum atomic E-state index is 12.4. The first-order valence-electron chi connectivity index (χ1n) is 5.99. The third-order valence-electron chi connectivity index (χ3n) is 2.57. The van der Waals surface area contributed by atoms with Gasteiger partial charge in [-0.15, -0.1) is 0 Å². The largest absolute Gasteiger partial charge is 0.446 e. The SMILES string of the molecule is CC(O)CCN(C)C(=O)c1ccccc1SC(F)(F)F. The third-order valence-corrected chi connectivity index (χ3v) is 3.38. The maximum Gasteiger partial charge on any atom is 0.446 e. The van der Waals surface area contributed by atoms with Crippen molar-refractivity contribution in [2.45, 2.75) is 29.9 Å². The molecule has 1 atom stereocenters. The highest BCUT2D eigenvalue weighted by molar-refractivity contribution is 8.00. The van der Waals surface area contributed by atoms with Gasteiger partial charge < -0.3 is 10.0 Å². The van der Waals surface area contributed by atoms with E-state index in [2.05, 4.69) is 0 Å². The maximum absolute atomic E-state index is 12.4. The number of rotatable bonds is 5. The van der Waals surface area contributed by atoms with Crippen LogP contribution in [-0.2, 0) is 0 Å². The van der Waals surface area contributed by atoms with E-state index < -0.39 is 17.5 Å². The average molecular weight is 307 g/mol. The summed E-state index contributed by atoms with van der Waals surface area (Å²) in [5.74, 6) is -0.488. The Kier molecular flexibility index (Phi) is 5.88. The lowest BCUT2D eigenvalue weighted by Crippen LogP contribution is -2.29. The molecule has 0 saturated heterocycles. The van der Waals surface area contributed by atoms with Crippen LogP contribution in [0, 0.1) is 0 Å². The number of amides is 1. The minimum absolute atomic E-state index is 0.0166. The van der Waals surface area contributed by atoms with Crippen molar-refractivity contribution in [3.05, 3.63) is 29.8 Å². The van der Waals surface area contributed by atoms with Gasteiger partial charge in [0.15, 0.2) is 0 Å². The molecule has 0 saturated carbocycles. The molecule has 0 fully saturated rings. The van der Waals surface area contributed by atoms with Crippen molar-refractivity contribution in [3.63, 3.8) is 0 Å². The van der Waals surface area contributed by atoms with E-state index in [1.54, 1.807) is 6.92 Å². The first-order valence-corrected chi connectivity index (χ1v) is 6.80. The Bertz CT molecular complexity index is 463. The number of carbonyl (C=O) groups excluding carboxylic acids is 1. The lowest BCUT2D eigenvalue weighted by Gasteiger charge is -2.19. The summed E-state index contributed by atoms with van der Waals surface area (Å²) in [5, 5.41) is 9.17. The summed E-state index contributed by atoms with van der Waals surface area (Å²) in [6.45, 7) is 1.87. The van der Waals surface area contributed by atoms with Gasteiger partial charge in [-0.1, -0.05) is 12.1 Å². The summed E-state index contributed by atoms with van der Waals surface area (Å²) < 4.78 is 37.3. The molecule has 0 aliphatic rings. The second-order valence-electron chi connectivity index (χ2n) is 4.41. The molecule has 0 heterocycles. The zero-order valence-electron chi connectivity index (χ0n) is 11.1. The van der Waals surface area contributed by atoms with Gasteiger partial charge in [-0.05, 0) is 37.2 Å². The number of aliphatic hydroxyl groups excluding tert-OH is 1. The van der Waals surface area contributed by atoms with Crippen LogP contribution in [0.4, 0.5) is 13.2 Å². The molecule has 3 nitrogen and oxygen atoms in total. The van der Waals surface area contributed by atoms with Crippen LogP contribution in [0.2, 0.25) is 0 Å². The van der Waals surface area contributed by atoms with Gasteiger partial charge in [0.25, 0.3) is 5.91 Å². The summed E-state index contributed by atoms with van der Waals surface area (Å²) >= 11 is -0.299. The fraction of sp³-hybridized carbons (Fsp3) is 0.462. The number of aliphatic hydroxyl groups is 1. The topological polar surface area (TPSA) is 40.5 Å². The monoisotopic (exact) mass is 307 g/mol. The highest BCUT2D eigenvalue weighted by Crippen LogP contribution is 2.38. The molecular formula is C13H16F3NO2S. The van der Waals surface area contributed by atoms with E-state index in [0.717, 1.165) is 0 Å². The van der Waals surface area contributed by atoms with Crippen molar-refractivity contribution in [2.75, 3.05) is 13.6 Å². The highest BCUT2D eigenvalue weighted by Gasteiger charge is 2.31. The molecule has 1 unspecified atom stereocenters. The van der Waals surface area contributed by atoms with E-state index in [9.17, 15) is 23.1 Å². The lowest BCUT2D eigenvalue weighted by molar-refractivity contribution is -0.0328. The van der Waals surface area contributed by atoms with Gasteiger partial charge in [-0.2, -0.15) is 13.2 Å². The minimum Gasteiger partial charge on any atom is -0.393 e. The number of benzene rings is 1. The van der Waals surface area contributed by atoms with Crippen molar-refractivity contribution in [2.24, 2.45) is 0 Å². The Morgan fingerprint density at radius 2 is 2.00 bits per heavy atom. The Hall–Kier alpha value is -1.21.